The number of rotatable bonds is 9. The van der Waals surface area contributed by atoms with E-state index in [1.165, 1.54) is 13.0 Å². The zero-order valence-corrected chi connectivity index (χ0v) is 18.7. The Bertz CT molecular complexity index is 357. The summed E-state index contributed by atoms with van der Waals surface area (Å²) in [6.07, 6.45) is 2.72. The first-order valence-corrected chi connectivity index (χ1v) is 9.49. The molecule has 0 amide bonds. The van der Waals surface area contributed by atoms with Gasteiger partial charge in [-0.05, 0) is 45.2 Å². The minimum absolute atomic E-state index is 0. The molecule has 0 saturated carbocycles. The molecular weight excluding hydrogens is 415 g/mol. The van der Waals surface area contributed by atoms with Crippen LogP contribution in [0.15, 0.2) is 4.99 Å². The lowest BCUT2D eigenvalue weighted by Gasteiger charge is -2.27. The van der Waals surface area contributed by atoms with Crippen molar-refractivity contribution in [2.45, 2.75) is 59.5 Å². The number of hydrogen-bond donors (Lipinski definition) is 2. The molecule has 1 aliphatic rings. The van der Waals surface area contributed by atoms with Crippen LogP contribution in [0.5, 0.6) is 0 Å². The van der Waals surface area contributed by atoms with E-state index < -0.39 is 5.60 Å². The van der Waals surface area contributed by atoms with Crippen LogP contribution in [0.25, 0.3) is 0 Å². The van der Waals surface area contributed by atoms with Gasteiger partial charge in [0, 0.05) is 26.2 Å². The topological polar surface area (TPSA) is 51.1 Å². The summed E-state index contributed by atoms with van der Waals surface area (Å²) in [5, 5.41) is 13.9. The van der Waals surface area contributed by atoms with Gasteiger partial charge in [-0.2, -0.15) is 0 Å². The zero-order valence-electron chi connectivity index (χ0n) is 16.3. The molecule has 2 N–H and O–H groups in total. The van der Waals surface area contributed by atoms with E-state index in [1.807, 2.05) is 13.8 Å². The molecule has 6 heteroatoms. The van der Waals surface area contributed by atoms with Crippen molar-refractivity contribution in [3.05, 3.63) is 0 Å². The molecule has 1 heterocycles. The summed E-state index contributed by atoms with van der Waals surface area (Å²) in [5.41, 5.74) is -0.666. The molecule has 0 aliphatic carbocycles. The Morgan fingerprint density at radius 1 is 1.21 bits per heavy atom. The highest BCUT2D eigenvalue weighted by molar-refractivity contribution is 14.0. The first-order valence-electron chi connectivity index (χ1n) is 9.49. The highest BCUT2D eigenvalue weighted by atomic mass is 127. The highest BCUT2D eigenvalue weighted by Crippen LogP contribution is 2.19. The van der Waals surface area contributed by atoms with Gasteiger partial charge in [-0.3, -0.25) is 4.99 Å². The fourth-order valence-corrected chi connectivity index (χ4v) is 3.14. The molecular formula is C18H39IN4O. The van der Waals surface area contributed by atoms with E-state index in [4.69, 9.17) is 4.99 Å². The third-order valence-corrected chi connectivity index (χ3v) is 5.17. The first kappa shape index (κ1) is 23.9. The predicted molar refractivity (Wildman–Crippen MR) is 114 cm³/mol. The summed E-state index contributed by atoms with van der Waals surface area (Å²) in [7, 11) is 0. The van der Waals surface area contributed by atoms with Crippen LogP contribution in [-0.4, -0.2) is 72.3 Å². The van der Waals surface area contributed by atoms with Gasteiger partial charge >= 0.3 is 0 Å². The molecule has 1 fully saturated rings. The third kappa shape index (κ3) is 7.44. The Balaban J connectivity index is 0.00000529. The van der Waals surface area contributed by atoms with Crippen LogP contribution in [-0.2, 0) is 0 Å². The second kappa shape index (κ2) is 12.3. The average Bonchev–Trinajstić information content (AvgIpc) is 3.04. The smallest absolute Gasteiger partial charge is 0.194 e. The second-order valence-electron chi connectivity index (χ2n) is 6.69. The monoisotopic (exact) mass is 454 g/mol. The molecule has 0 aromatic heterocycles. The quantitative estimate of drug-likeness (QED) is 0.320. The van der Waals surface area contributed by atoms with Crippen LogP contribution in [0.3, 0.4) is 0 Å². The van der Waals surface area contributed by atoms with Gasteiger partial charge in [0.05, 0.1) is 12.1 Å². The third-order valence-electron chi connectivity index (χ3n) is 5.17. The van der Waals surface area contributed by atoms with Gasteiger partial charge in [0.2, 0.25) is 0 Å². The number of nitrogens with one attached hydrogen (secondary N) is 1. The van der Waals surface area contributed by atoms with E-state index in [-0.39, 0.29) is 24.0 Å². The van der Waals surface area contributed by atoms with Gasteiger partial charge < -0.3 is 20.2 Å². The maximum atomic E-state index is 10.5. The molecule has 0 bridgehead atoms. The van der Waals surface area contributed by atoms with E-state index in [9.17, 15) is 5.11 Å². The number of aliphatic imine (C=N–C) groups is 1. The molecule has 1 unspecified atom stereocenters. The predicted octanol–water partition coefficient (Wildman–Crippen LogP) is 2.78. The molecule has 5 nitrogen and oxygen atoms in total. The molecule has 0 aromatic carbocycles. The van der Waals surface area contributed by atoms with Crippen molar-refractivity contribution in [2.75, 3.05) is 45.8 Å². The summed E-state index contributed by atoms with van der Waals surface area (Å²) in [5.74, 6) is 1.69. The second-order valence-corrected chi connectivity index (χ2v) is 6.69. The van der Waals surface area contributed by atoms with E-state index >= 15 is 0 Å². The van der Waals surface area contributed by atoms with Crippen LogP contribution in [0.1, 0.15) is 53.9 Å². The lowest BCUT2D eigenvalue weighted by molar-refractivity contribution is 0.0416. The van der Waals surface area contributed by atoms with Crippen molar-refractivity contribution in [2.24, 2.45) is 10.9 Å². The Hall–Kier alpha value is -0.0800. The fraction of sp³-hybridized carbons (Fsp3) is 0.944. The summed E-state index contributed by atoms with van der Waals surface area (Å²) in [4.78, 5) is 9.60. The molecule has 1 rings (SSSR count). The largest absolute Gasteiger partial charge is 0.388 e. The van der Waals surface area contributed by atoms with Gasteiger partial charge in [0.15, 0.2) is 5.96 Å². The minimum atomic E-state index is -0.666. The van der Waals surface area contributed by atoms with Gasteiger partial charge in [-0.1, -0.05) is 27.7 Å². The average molecular weight is 454 g/mol. The van der Waals surface area contributed by atoms with Crippen molar-refractivity contribution in [3.63, 3.8) is 0 Å². The molecule has 1 atom stereocenters. The van der Waals surface area contributed by atoms with Gasteiger partial charge in [-0.25, -0.2) is 0 Å². The van der Waals surface area contributed by atoms with Crippen molar-refractivity contribution < 1.29 is 5.11 Å². The minimum Gasteiger partial charge on any atom is -0.388 e. The number of guanidine groups is 1. The van der Waals surface area contributed by atoms with E-state index in [1.54, 1.807) is 0 Å². The molecule has 0 spiro atoms. The number of aliphatic hydroxyl groups is 1. The SMILES string of the molecule is CCNC(=NCC(O)(CC)CC)N1CCC(CN(CC)CC)C1.I. The van der Waals surface area contributed by atoms with E-state index in [0.717, 1.165) is 57.4 Å². The summed E-state index contributed by atoms with van der Waals surface area (Å²) >= 11 is 0. The Kier molecular flexibility index (Phi) is 12.3. The Morgan fingerprint density at radius 2 is 1.83 bits per heavy atom. The Morgan fingerprint density at radius 3 is 2.33 bits per heavy atom. The van der Waals surface area contributed by atoms with Crippen LogP contribution in [0.4, 0.5) is 0 Å². The first-order chi connectivity index (χ1) is 11.0. The maximum Gasteiger partial charge on any atom is 0.194 e. The van der Waals surface area contributed by atoms with Crippen LogP contribution >= 0.6 is 24.0 Å². The Labute approximate surface area is 166 Å². The highest BCUT2D eigenvalue weighted by Gasteiger charge is 2.27. The van der Waals surface area contributed by atoms with Crippen molar-refractivity contribution >= 4 is 29.9 Å². The maximum absolute atomic E-state index is 10.5. The molecule has 0 aromatic rings. The lowest BCUT2D eigenvalue weighted by atomic mass is 9.98. The van der Waals surface area contributed by atoms with E-state index in [0.29, 0.717) is 6.54 Å². The van der Waals surface area contributed by atoms with Crippen molar-refractivity contribution in [1.82, 2.24) is 15.1 Å². The molecule has 1 saturated heterocycles. The molecule has 0 radical (unpaired) electrons. The van der Waals surface area contributed by atoms with Crippen LogP contribution in [0, 0.1) is 5.92 Å². The summed E-state index contributed by atoms with van der Waals surface area (Å²) in [6.45, 7) is 17.5. The number of nitrogens with zero attached hydrogens (tertiary/aromatic N) is 3. The van der Waals surface area contributed by atoms with Crippen molar-refractivity contribution in [1.29, 1.82) is 0 Å². The molecule has 144 valence electrons. The van der Waals surface area contributed by atoms with Gasteiger partial charge in [-0.15, -0.1) is 24.0 Å². The van der Waals surface area contributed by atoms with Gasteiger partial charge in [0.1, 0.15) is 0 Å². The van der Waals surface area contributed by atoms with E-state index in [2.05, 4.69) is 35.9 Å². The zero-order chi connectivity index (χ0) is 17.3. The molecule has 1 aliphatic heterocycles. The fourth-order valence-electron chi connectivity index (χ4n) is 3.14. The molecule has 24 heavy (non-hydrogen) atoms. The number of likely N-dealkylation sites (tertiary alicyclic amines) is 1. The van der Waals surface area contributed by atoms with Crippen LogP contribution in [0.2, 0.25) is 0 Å². The lowest BCUT2D eigenvalue weighted by Crippen LogP contribution is -2.42. The summed E-state index contributed by atoms with van der Waals surface area (Å²) in [6, 6.07) is 0. The standard InChI is InChI=1S/C18H38N4O.HI/c1-6-18(23,7-2)15-20-17(19-8-3)22-12-11-16(14-22)13-21(9-4)10-5;/h16,23H,6-15H2,1-5H3,(H,19,20);1H. The number of hydrogen-bond acceptors (Lipinski definition) is 3. The normalized spacial score (nSPS) is 18.9. The van der Waals surface area contributed by atoms with Crippen LogP contribution < -0.4 is 5.32 Å². The van der Waals surface area contributed by atoms with Crippen molar-refractivity contribution in [3.8, 4) is 0 Å². The summed E-state index contributed by atoms with van der Waals surface area (Å²) < 4.78 is 0. The number of halogens is 1. The van der Waals surface area contributed by atoms with Gasteiger partial charge in [0.25, 0.3) is 0 Å².